The van der Waals surface area contributed by atoms with Crippen LogP contribution in [0, 0.1) is 6.92 Å². The molecular formula is C22H32N6O4. The fraction of sp³-hybridized carbons (Fsp3) is 0.545. The van der Waals surface area contributed by atoms with Gasteiger partial charge in [-0.1, -0.05) is 6.07 Å². The lowest BCUT2D eigenvalue weighted by atomic mass is 10.0. The van der Waals surface area contributed by atoms with Crippen LogP contribution in [0.2, 0.25) is 0 Å². The predicted molar refractivity (Wildman–Crippen MR) is 122 cm³/mol. The molecule has 3 N–H and O–H groups in total. The van der Waals surface area contributed by atoms with Crippen molar-refractivity contribution in [3.8, 4) is 0 Å². The van der Waals surface area contributed by atoms with E-state index >= 15 is 0 Å². The third kappa shape index (κ3) is 5.37. The van der Waals surface area contributed by atoms with E-state index in [1.54, 1.807) is 24.8 Å². The molecule has 1 aliphatic rings. The first kappa shape index (κ1) is 23.5. The molecule has 2 heterocycles. The summed E-state index contributed by atoms with van der Waals surface area (Å²) in [6.45, 7) is 6.45. The molecule has 174 valence electrons. The van der Waals surface area contributed by atoms with Crippen LogP contribution in [0.15, 0.2) is 21.3 Å². The van der Waals surface area contributed by atoms with Crippen molar-refractivity contribution in [1.82, 2.24) is 19.7 Å². The average molecular weight is 445 g/mol. The van der Waals surface area contributed by atoms with Crippen LogP contribution in [0.5, 0.6) is 0 Å². The minimum Gasteiger partial charge on any atom is -0.389 e. The highest BCUT2D eigenvalue weighted by Gasteiger charge is 2.24. The first-order chi connectivity index (χ1) is 15.2. The lowest BCUT2D eigenvalue weighted by Crippen LogP contribution is -2.40. The van der Waals surface area contributed by atoms with Gasteiger partial charge in [0, 0.05) is 32.7 Å². The number of urea groups is 1. The van der Waals surface area contributed by atoms with Crippen molar-refractivity contribution < 1.29 is 14.0 Å². The summed E-state index contributed by atoms with van der Waals surface area (Å²) in [5.41, 5.74) is 6.94. The molecule has 0 saturated carbocycles. The van der Waals surface area contributed by atoms with Crippen LogP contribution in [0.4, 0.5) is 10.8 Å². The number of carbonyl (C=O) groups is 2. The van der Waals surface area contributed by atoms with Crippen LogP contribution in [-0.4, -0.2) is 77.9 Å². The van der Waals surface area contributed by atoms with Crippen LogP contribution in [0.25, 0.3) is 10.9 Å². The van der Waals surface area contributed by atoms with E-state index in [9.17, 15) is 14.4 Å². The summed E-state index contributed by atoms with van der Waals surface area (Å²) in [6.07, 6.45) is 2.01. The molecule has 0 unspecified atom stereocenters. The Morgan fingerprint density at radius 1 is 1.25 bits per heavy atom. The molecule has 1 aromatic carbocycles. The summed E-state index contributed by atoms with van der Waals surface area (Å²) >= 11 is 0. The molecule has 32 heavy (non-hydrogen) atoms. The van der Waals surface area contributed by atoms with Gasteiger partial charge in [-0.3, -0.25) is 4.79 Å². The number of anilines is 1. The normalized spacial score (nSPS) is 14.7. The van der Waals surface area contributed by atoms with Crippen LogP contribution in [0.1, 0.15) is 30.9 Å². The van der Waals surface area contributed by atoms with Gasteiger partial charge in [0.15, 0.2) is 0 Å². The summed E-state index contributed by atoms with van der Waals surface area (Å²) in [6, 6.07) is 2.49. The zero-order valence-electron chi connectivity index (χ0n) is 19.2. The average Bonchev–Trinajstić information content (AvgIpc) is 3.26. The van der Waals surface area contributed by atoms with Gasteiger partial charge in [0.25, 0.3) is 6.01 Å². The fourth-order valence-electron chi connectivity index (χ4n) is 3.85. The molecule has 10 nitrogen and oxygen atoms in total. The Hall–Kier alpha value is -3.14. The number of amides is 3. The molecule has 0 radical (unpaired) electrons. The third-order valence-corrected chi connectivity index (χ3v) is 5.79. The highest BCUT2D eigenvalue weighted by atomic mass is 16.4. The maximum atomic E-state index is 12.8. The van der Waals surface area contributed by atoms with Gasteiger partial charge in [-0.25, -0.2) is 9.59 Å². The Morgan fingerprint density at radius 2 is 1.94 bits per heavy atom. The number of hydrogen-bond acceptors (Lipinski definition) is 7. The van der Waals surface area contributed by atoms with E-state index < -0.39 is 17.7 Å². The second-order valence-corrected chi connectivity index (χ2v) is 8.51. The SMILES string of the molecule is Cc1c(CN(CCN(C)C)C(N)=O)ccc2nc(N[C@@H](C)C(=O)N3CCCC3)oc(=O)c12. The Labute approximate surface area is 187 Å². The van der Waals surface area contributed by atoms with E-state index in [1.165, 1.54) is 4.90 Å². The minimum atomic E-state index is -0.553. The van der Waals surface area contributed by atoms with Crippen molar-refractivity contribution in [3.05, 3.63) is 33.7 Å². The van der Waals surface area contributed by atoms with E-state index in [0.29, 0.717) is 29.6 Å². The van der Waals surface area contributed by atoms with Crippen molar-refractivity contribution >= 4 is 28.9 Å². The van der Waals surface area contributed by atoms with Gasteiger partial charge in [0.1, 0.15) is 6.04 Å². The van der Waals surface area contributed by atoms with Crippen LogP contribution in [0.3, 0.4) is 0 Å². The number of nitrogens with one attached hydrogen (secondary N) is 1. The smallest absolute Gasteiger partial charge is 0.348 e. The zero-order chi connectivity index (χ0) is 23.4. The number of fused-ring (bicyclic) bond motifs is 1. The zero-order valence-corrected chi connectivity index (χ0v) is 19.2. The van der Waals surface area contributed by atoms with Crippen molar-refractivity contribution in [3.63, 3.8) is 0 Å². The number of likely N-dealkylation sites (N-methyl/N-ethyl adjacent to an activating group) is 1. The quantitative estimate of drug-likeness (QED) is 0.630. The molecule has 10 heteroatoms. The van der Waals surface area contributed by atoms with E-state index in [2.05, 4.69) is 10.3 Å². The summed E-state index contributed by atoms with van der Waals surface area (Å²) < 4.78 is 5.38. The number of aromatic nitrogens is 1. The van der Waals surface area contributed by atoms with Gasteiger partial charge >= 0.3 is 11.7 Å². The first-order valence-electron chi connectivity index (χ1n) is 10.8. The van der Waals surface area contributed by atoms with Crippen molar-refractivity contribution in [2.45, 2.75) is 39.3 Å². The number of rotatable bonds is 8. The molecule has 0 aliphatic carbocycles. The first-order valence-corrected chi connectivity index (χ1v) is 10.8. The molecule has 3 amide bonds. The summed E-state index contributed by atoms with van der Waals surface area (Å²) in [5, 5.41) is 3.27. The number of aryl methyl sites for hydroxylation is 1. The topological polar surface area (TPSA) is 125 Å². The van der Waals surface area contributed by atoms with Crippen LogP contribution >= 0.6 is 0 Å². The standard InChI is InChI=1S/C22H32N6O4/c1-14-16(13-28(21(23)31)12-11-26(3)4)7-8-17-18(14)20(30)32-22(25-17)24-15(2)19(29)27-9-5-6-10-27/h7-8,15H,5-6,9-13H2,1-4H3,(H2,23,31)(H,24,25)/t15-/m0/s1. The van der Waals surface area contributed by atoms with Gasteiger partial charge in [-0.2, -0.15) is 4.98 Å². The number of nitrogens with zero attached hydrogens (tertiary/aromatic N) is 4. The maximum Gasteiger partial charge on any atom is 0.348 e. The molecule has 0 bridgehead atoms. The molecule has 1 aromatic heterocycles. The number of nitrogens with two attached hydrogens (primary N) is 1. The monoisotopic (exact) mass is 444 g/mol. The number of benzene rings is 1. The molecular weight excluding hydrogens is 412 g/mol. The van der Waals surface area contributed by atoms with Crippen molar-refractivity contribution in [2.75, 3.05) is 45.6 Å². The van der Waals surface area contributed by atoms with Gasteiger partial charge < -0.3 is 30.2 Å². The highest BCUT2D eigenvalue weighted by molar-refractivity contribution is 5.85. The van der Waals surface area contributed by atoms with E-state index in [1.807, 2.05) is 25.1 Å². The Kier molecular flexibility index (Phi) is 7.34. The van der Waals surface area contributed by atoms with Gasteiger partial charge in [0.05, 0.1) is 10.9 Å². The summed E-state index contributed by atoms with van der Waals surface area (Å²) in [4.78, 5) is 46.8. The number of likely N-dealkylation sites (tertiary alicyclic amines) is 1. The van der Waals surface area contributed by atoms with Gasteiger partial charge in [-0.15, -0.1) is 0 Å². The molecule has 1 fully saturated rings. The Morgan fingerprint density at radius 3 is 2.56 bits per heavy atom. The fourth-order valence-corrected chi connectivity index (χ4v) is 3.85. The predicted octanol–water partition coefficient (Wildman–Crippen LogP) is 1.36. The summed E-state index contributed by atoms with van der Waals surface area (Å²) in [5.74, 6) is -0.0390. The highest BCUT2D eigenvalue weighted by Crippen LogP contribution is 2.21. The van der Waals surface area contributed by atoms with Crippen molar-refractivity contribution in [1.29, 1.82) is 0 Å². The molecule has 1 atom stereocenters. The van der Waals surface area contributed by atoms with Crippen LogP contribution in [-0.2, 0) is 11.3 Å². The van der Waals surface area contributed by atoms with Crippen molar-refractivity contribution in [2.24, 2.45) is 5.73 Å². The van der Waals surface area contributed by atoms with E-state index in [-0.39, 0.29) is 18.5 Å². The van der Waals surface area contributed by atoms with Gasteiger partial charge in [-0.05, 0) is 58.0 Å². The number of carbonyl (C=O) groups excluding carboxylic acids is 2. The molecule has 2 aromatic rings. The lowest BCUT2D eigenvalue weighted by Gasteiger charge is -2.23. The second kappa shape index (κ2) is 9.99. The largest absolute Gasteiger partial charge is 0.389 e. The van der Waals surface area contributed by atoms with E-state index in [4.69, 9.17) is 10.2 Å². The van der Waals surface area contributed by atoms with Gasteiger partial charge in [0.2, 0.25) is 5.91 Å². The number of hydrogen-bond donors (Lipinski definition) is 2. The summed E-state index contributed by atoms with van der Waals surface area (Å²) in [7, 11) is 3.84. The molecule has 0 spiro atoms. The van der Waals surface area contributed by atoms with E-state index in [0.717, 1.165) is 31.5 Å². The Balaban J connectivity index is 1.82. The molecule has 1 saturated heterocycles. The lowest BCUT2D eigenvalue weighted by molar-refractivity contribution is -0.130. The molecule has 1 aliphatic heterocycles. The Bertz CT molecular complexity index is 1040. The van der Waals surface area contributed by atoms with Crippen LogP contribution < -0.4 is 16.7 Å². The molecule has 3 rings (SSSR count). The third-order valence-electron chi connectivity index (χ3n) is 5.79. The second-order valence-electron chi connectivity index (χ2n) is 8.51. The maximum absolute atomic E-state index is 12.8. The minimum absolute atomic E-state index is 0.0134. The number of primary amides is 1.